The first-order chi connectivity index (χ1) is 14.7. The van der Waals surface area contributed by atoms with E-state index in [-0.39, 0.29) is 0 Å². The second-order valence-corrected chi connectivity index (χ2v) is 8.25. The highest BCUT2D eigenvalue weighted by molar-refractivity contribution is 7.17. The van der Waals surface area contributed by atoms with Crippen molar-refractivity contribution in [2.75, 3.05) is 5.43 Å². The van der Waals surface area contributed by atoms with E-state index in [1.807, 2.05) is 24.4 Å². The van der Waals surface area contributed by atoms with E-state index < -0.39 is 0 Å². The molecule has 0 saturated heterocycles. The Morgan fingerprint density at radius 3 is 2.67 bits per heavy atom. The molecule has 0 aliphatic carbocycles. The Bertz CT molecular complexity index is 1350. The van der Waals surface area contributed by atoms with E-state index in [4.69, 9.17) is 0 Å². The Morgan fingerprint density at radius 2 is 1.83 bits per heavy atom. The second kappa shape index (κ2) is 7.72. The lowest BCUT2D eigenvalue weighted by Crippen LogP contribution is -1.98. The SMILES string of the molecule is CC(C)n1cc(/C=N\Nc2ncnc3scc(-c4ccccc4)c23)c2ccccc21. The zero-order chi connectivity index (χ0) is 20.5. The summed E-state index contributed by atoms with van der Waals surface area (Å²) in [5.74, 6) is 0.712. The minimum atomic E-state index is 0.380. The average Bonchev–Trinajstić information content (AvgIpc) is 3.37. The van der Waals surface area contributed by atoms with Gasteiger partial charge in [-0.2, -0.15) is 5.10 Å². The Hall–Kier alpha value is -3.51. The lowest BCUT2D eigenvalue weighted by molar-refractivity contribution is 0.623. The molecule has 0 aliphatic heterocycles. The number of hydrogen-bond acceptors (Lipinski definition) is 5. The lowest BCUT2D eigenvalue weighted by Gasteiger charge is -2.08. The second-order valence-electron chi connectivity index (χ2n) is 7.39. The molecular formula is C24H21N5S. The van der Waals surface area contributed by atoms with Crippen LogP contribution in [0.15, 0.2) is 77.6 Å². The number of hydrazone groups is 1. The van der Waals surface area contributed by atoms with Crippen LogP contribution in [0, 0.1) is 0 Å². The number of thiophene rings is 1. The number of benzene rings is 2. The zero-order valence-electron chi connectivity index (χ0n) is 16.8. The Labute approximate surface area is 178 Å². The van der Waals surface area contributed by atoms with Crippen LogP contribution in [0.5, 0.6) is 0 Å². The average molecular weight is 412 g/mol. The number of fused-ring (bicyclic) bond motifs is 2. The summed E-state index contributed by atoms with van der Waals surface area (Å²) in [5.41, 5.74) is 7.70. The molecule has 3 aromatic heterocycles. The van der Waals surface area contributed by atoms with E-state index in [0.717, 1.165) is 26.9 Å². The molecule has 2 aromatic carbocycles. The largest absolute Gasteiger partial charge is 0.344 e. The smallest absolute Gasteiger partial charge is 0.159 e. The molecule has 0 atom stereocenters. The highest BCUT2D eigenvalue weighted by atomic mass is 32.1. The van der Waals surface area contributed by atoms with Crippen LogP contribution >= 0.6 is 11.3 Å². The van der Waals surface area contributed by atoms with Gasteiger partial charge in [0.05, 0.1) is 11.6 Å². The molecule has 0 aliphatic rings. The minimum Gasteiger partial charge on any atom is -0.344 e. The number of aromatic nitrogens is 3. The van der Waals surface area contributed by atoms with Crippen LogP contribution in [-0.2, 0) is 0 Å². The molecule has 0 fully saturated rings. The maximum atomic E-state index is 4.53. The first kappa shape index (κ1) is 18.5. The van der Waals surface area contributed by atoms with Crippen molar-refractivity contribution in [2.45, 2.75) is 19.9 Å². The number of para-hydroxylation sites is 1. The van der Waals surface area contributed by atoms with E-state index >= 15 is 0 Å². The van der Waals surface area contributed by atoms with Gasteiger partial charge >= 0.3 is 0 Å². The summed E-state index contributed by atoms with van der Waals surface area (Å²) >= 11 is 1.61. The summed E-state index contributed by atoms with van der Waals surface area (Å²) < 4.78 is 2.27. The van der Waals surface area contributed by atoms with E-state index in [2.05, 4.69) is 86.9 Å². The summed E-state index contributed by atoms with van der Waals surface area (Å²) in [6.45, 7) is 4.37. The normalized spacial score (nSPS) is 11.8. The molecule has 148 valence electrons. The van der Waals surface area contributed by atoms with Gasteiger partial charge in [0.2, 0.25) is 0 Å². The van der Waals surface area contributed by atoms with E-state index in [1.54, 1.807) is 17.7 Å². The first-order valence-electron chi connectivity index (χ1n) is 9.88. The molecule has 0 bridgehead atoms. The molecule has 5 nitrogen and oxygen atoms in total. The first-order valence-corrected chi connectivity index (χ1v) is 10.8. The number of hydrogen-bond donors (Lipinski definition) is 1. The van der Waals surface area contributed by atoms with Crippen molar-refractivity contribution in [3.8, 4) is 11.1 Å². The van der Waals surface area contributed by atoms with Gasteiger partial charge in [-0.3, -0.25) is 5.43 Å². The quantitative estimate of drug-likeness (QED) is 0.271. The van der Waals surface area contributed by atoms with Crippen molar-refractivity contribution in [1.29, 1.82) is 0 Å². The van der Waals surface area contributed by atoms with Crippen LogP contribution in [0.2, 0.25) is 0 Å². The Morgan fingerprint density at radius 1 is 1.03 bits per heavy atom. The summed E-state index contributed by atoms with van der Waals surface area (Å²) in [7, 11) is 0. The molecule has 0 radical (unpaired) electrons. The third-order valence-corrected chi connectivity index (χ3v) is 6.04. The third kappa shape index (κ3) is 3.25. The molecule has 0 spiro atoms. The summed E-state index contributed by atoms with van der Waals surface area (Å²) in [5, 5.41) is 8.83. The van der Waals surface area contributed by atoms with Crippen LogP contribution in [-0.4, -0.2) is 20.7 Å². The monoisotopic (exact) mass is 411 g/mol. The maximum Gasteiger partial charge on any atom is 0.159 e. The van der Waals surface area contributed by atoms with Crippen molar-refractivity contribution in [3.63, 3.8) is 0 Å². The Balaban J connectivity index is 1.51. The molecule has 6 heteroatoms. The highest BCUT2D eigenvalue weighted by Gasteiger charge is 2.13. The van der Waals surface area contributed by atoms with Gasteiger partial charge in [-0.25, -0.2) is 9.97 Å². The fourth-order valence-corrected chi connectivity index (χ4v) is 4.63. The number of anilines is 1. The minimum absolute atomic E-state index is 0.380. The Kier molecular flexibility index (Phi) is 4.77. The topological polar surface area (TPSA) is 55.1 Å². The fourth-order valence-electron chi connectivity index (χ4n) is 3.71. The van der Waals surface area contributed by atoms with E-state index in [1.165, 1.54) is 10.9 Å². The summed E-state index contributed by atoms with van der Waals surface area (Å²) in [4.78, 5) is 9.83. The molecule has 5 aromatic rings. The van der Waals surface area contributed by atoms with Crippen LogP contribution in [0.1, 0.15) is 25.5 Å². The van der Waals surface area contributed by atoms with Crippen molar-refractivity contribution in [2.24, 2.45) is 5.10 Å². The van der Waals surface area contributed by atoms with Gasteiger partial charge in [0.25, 0.3) is 0 Å². The van der Waals surface area contributed by atoms with E-state index in [0.29, 0.717) is 11.9 Å². The molecule has 0 unspecified atom stereocenters. The van der Waals surface area contributed by atoms with Crippen LogP contribution in [0.3, 0.4) is 0 Å². The van der Waals surface area contributed by atoms with Crippen LogP contribution in [0.25, 0.3) is 32.2 Å². The molecule has 1 N–H and O–H groups in total. The molecule has 5 rings (SSSR count). The van der Waals surface area contributed by atoms with Crippen molar-refractivity contribution in [1.82, 2.24) is 14.5 Å². The zero-order valence-corrected chi connectivity index (χ0v) is 17.6. The molecule has 0 amide bonds. The van der Waals surface area contributed by atoms with Gasteiger partial charge < -0.3 is 4.57 Å². The van der Waals surface area contributed by atoms with Crippen LogP contribution in [0.4, 0.5) is 5.82 Å². The van der Waals surface area contributed by atoms with Crippen molar-refractivity contribution < 1.29 is 0 Å². The van der Waals surface area contributed by atoms with Gasteiger partial charge in [0, 0.05) is 39.6 Å². The van der Waals surface area contributed by atoms with Gasteiger partial charge in [-0.15, -0.1) is 11.3 Å². The van der Waals surface area contributed by atoms with Gasteiger partial charge in [0.15, 0.2) is 5.82 Å². The molecule has 3 heterocycles. The third-order valence-electron chi connectivity index (χ3n) is 5.16. The fraction of sp³-hybridized carbons (Fsp3) is 0.125. The number of nitrogens with zero attached hydrogens (tertiary/aromatic N) is 4. The van der Waals surface area contributed by atoms with Crippen molar-refractivity contribution >= 4 is 44.5 Å². The predicted octanol–water partition coefficient (Wildman–Crippen LogP) is 6.34. The molecular weight excluding hydrogens is 390 g/mol. The summed E-state index contributed by atoms with van der Waals surface area (Å²) in [6.07, 6.45) is 5.59. The van der Waals surface area contributed by atoms with Crippen molar-refractivity contribution in [3.05, 3.63) is 78.1 Å². The van der Waals surface area contributed by atoms with Crippen LogP contribution < -0.4 is 5.43 Å². The molecule has 30 heavy (non-hydrogen) atoms. The number of nitrogens with one attached hydrogen (secondary N) is 1. The predicted molar refractivity (Wildman–Crippen MR) is 126 cm³/mol. The van der Waals surface area contributed by atoms with Gasteiger partial charge in [0.1, 0.15) is 11.2 Å². The standard InChI is InChI=1S/C24H21N5S/c1-16(2)29-13-18(19-10-6-7-11-21(19)29)12-27-28-23-22-20(17-8-4-3-5-9-17)14-30-24(22)26-15-25-23/h3-16H,1-2H3,(H,25,26,28)/b27-12-. The number of rotatable bonds is 5. The molecule has 0 saturated carbocycles. The highest BCUT2D eigenvalue weighted by Crippen LogP contribution is 2.36. The van der Waals surface area contributed by atoms with Gasteiger partial charge in [-0.05, 0) is 25.5 Å². The maximum absolute atomic E-state index is 4.53. The van der Waals surface area contributed by atoms with E-state index in [9.17, 15) is 0 Å². The lowest BCUT2D eigenvalue weighted by atomic mass is 10.1. The summed E-state index contributed by atoms with van der Waals surface area (Å²) in [6, 6.07) is 19.1. The van der Waals surface area contributed by atoms with Gasteiger partial charge in [-0.1, -0.05) is 48.5 Å².